The number of rotatable bonds is 7. The molecule has 1 heterocycles. The number of ether oxygens (including phenoxy) is 1. The van der Waals surface area contributed by atoms with E-state index >= 15 is 0 Å². The van der Waals surface area contributed by atoms with Crippen molar-refractivity contribution in [1.29, 1.82) is 0 Å². The van der Waals surface area contributed by atoms with Gasteiger partial charge in [-0.2, -0.15) is 0 Å². The molecular weight excluding hydrogens is 326 g/mol. The number of amides is 1. The van der Waals surface area contributed by atoms with Crippen LogP contribution in [0.25, 0.3) is 0 Å². The zero-order valence-electron chi connectivity index (χ0n) is 16.3. The van der Waals surface area contributed by atoms with E-state index in [1.807, 2.05) is 6.07 Å². The summed E-state index contributed by atoms with van der Waals surface area (Å²) in [5.41, 5.74) is 1.24. The molecule has 1 amide bonds. The highest BCUT2D eigenvalue weighted by Crippen LogP contribution is 2.28. The van der Waals surface area contributed by atoms with Gasteiger partial charge in [0.15, 0.2) is 0 Å². The molecule has 144 valence electrons. The molecule has 1 aliphatic carbocycles. The molecule has 5 nitrogen and oxygen atoms in total. The SMILES string of the molecule is CN(C)CCOc1ccccc1CN1CCCN(C(=O)C2CCC2)CC1. The van der Waals surface area contributed by atoms with Gasteiger partial charge in [0.25, 0.3) is 0 Å². The molecule has 0 atom stereocenters. The average Bonchev–Trinajstić information content (AvgIpc) is 2.80. The van der Waals surface area contributed by atoms with Crippen molar-refractivity contribution in [1.82, 2.24) is 14.7 Å². The van der Waals surface area contributed by atoms with Crippen LogP contribution >= 0.6 is 0 Å². The topological polar surface area (TPSA) is 36.0 Å². The first-order valence-electron chi connectivity index (χ1n) is 10.00. The van der Waals surface area contributed by atoms with E-state index < -0.39 is 0 Å². The Hall–Kier alpha value is -1.59. The number of benzene rings is 1. The minimum absolute atomic E-state index is 0.312. The van der Waals surface area contributed by atoms with Gasteiger partial charge < -0.3 is 14.5 Å². The van der Waals surface area contributed by atoms with Crippen LogP contribution in [0.3, 0.4) is 0 Å². The van der Waals surface area contributed by atoms with Gasteiger partial charge in [0, 0.05) is 50.7 Å². The van der Waals surface area contributed by atoms with Gasteiger partial charge in [-0.05, 0) is 39.4 Å². The number of likely N-dealkylation sites (N-methyl/N-ethyl adjacent to an activating group) is 1. The van der Waals surface area contributed by atoms with E-state index in [0.717, 1.165) is 64.3 Å². The zero-order chi connectivity index (χ0) is 18.4. The van der Waals surface area contributed by atoms with E-state index in [2.05, 4.69) is 47.0 Å². The van der Waals surface area contributed by atoms with Crippen molar-refractivity contribution in [3.05, 3.63) is 29.8 Å². The molecule has 1 saturated carbocycles. The van der Waals surface area contributed by atoms with E-state index in [0.29, 0.717) is 18.4 Å². The second-order valence-electron chi connectivity index (χ2n) is 7.84. The van der Waals surface area contributed by atoms with Crippen molar-refractivity contribution in [2.45, 2.75) is 32.2 Å². The van der Waals surface area contributed by atoms with Crippen LogP contribution in [0.2, 0.25) is 0 Å². The Morgan fingerprint density at radius 3 is 2.65 bits per heavy atom. The molecule has 3 rings (SSSR count). The lowest BCUT2D eigenvalue weighted by molar-refractivity contribution is -0.138. The van der Waals surface area contributed by atoms with Crippen molar-refractivity contribution < 1.29 is 9.53 Å². The molecule has 1 aliphatic heterocycles. The highest BCUT2D eigenvalue weighted by molar-refractivity contribution is 5.79. The van der Waals surface area contributed by atoms with Crippen molar-refractivity contribution in [2.24, 2.45) is 5.92 Å². The molecule has 0 aromatic heterocycles. The first-order valence-corrected chi connectivity index (χ1v) is 10.00. The van der Waals surface area contributed by atoms with Gasteiger partial charge >= 0.3 is 0 Å². The van der Waals surface area contributed by atoms with Crippen molar-refractivity contribution in [3.63, 3.8) is 0 Å². The molecule has 5 heteroatoms. The lowest BCUT2D eigenvalue weighted by Crippen LogP contribution is -2.41. The van der Waals surface area contributed by atoms with E-state index in [1.54, 1.807) is 0 Å². The monoisotopic (exact) mass is 359 g/mol. The van der Waals surface area contributed by atoms with Crippen LogP contribution in [0, 0.1) is 5.92 Å². The van der Waals surface area contributed by atoms with Crippen LogP contribution in [-0.2, 0) is 11.3 Å². The lowest BCUT2D eigenvalue weighted by Gasteiger charge is -2.31. The number of nitrogens with zero attached hydrogens (tertiary/aromatic N) is 3. The summed E-state index contributed by atoms with van der Waals surface area (Å²) in [6, 6.07) is 8.34. The number of carbonyl (C=O) groups excluding carboxylic acids is 1. The quantitative estimate of drug-likeness (QED) is 0.749. The molecule has 2 aliphatic rings. The van der Waals surface area contributed by atoms with Crippen molar-refractivity contribution in [2.75, 3.05) is 53.4 Å². The maximum atomic E-state index is 12.5. The molecule has 0 unspecified atom stereocenters. The third-order valence-corrected chi connectivity index (χ3v) is 5.52. The van der Waals surface area contributed by atoms with E-state index in [1.165, 1.54) is 12.0 Å². The van der Waals surface area contributed by atoms with Gasteiger partial charge in [-0.25, -0.2) is 0 Å². The van der Waals surface area contributed by atoms with Crippen molar-refractivity contribution in [3.8, 4) is 5.75 Å². The minimum atomic E-state index is 0.312. The first-order chi connectivity index (χ1) is 12.6. The highest BCUT2D eigenvalue weighted by atomic mass is 16.5. The van der Waals surface area contributed by atoms with Gasteiger partial charge in [0.2, 0.25) is 5.91 Å². The second-order valence-corrected chi connectivity index (χ2v) is 7.84. The fraction of sp³-hybridized carbons (Fsp3) is 0.667. The zero-order valence-corrected chi connectivity index (χ0v) is 16.3. The van der Waals surface area contributed by atoms with Crippen LogP contribution in [0.4, 0.5) is 0 Å². The maximum Gasteiger partial charge on any atom is 0.225 e. The van der Waals surface area contributed by atoms with Crippen LogP contribution < -0.4 is 4.74 Å². The Balaban J connectivity index is 1.53. The summed E-state index contributed by atoms with van der Waals surface area (Å²) in [6.45, 7) is 6.27. The highest BCUT2D eigenvalue weighted by Gasteiger charge is 2.30. The predicted molar refractivity (Wildman–Crippen MR) is 104 cm³/mol. The number of carbonyl (C=O) groups is 1. The van der Waals surface area contributed by atoms with Gasteiger partial charge in [-0.3, -0.25) is 9.69 Å². The summed E-state index contributed by atoms with van der Waals surface area (Å²) < 4.78 is 6.00. The maximum absolute atomic E-state index is 12.5. The molecule has 26 heavy (non-hydrogen) atoms. The van der Waals surface area contributed by atoms with E-state index in [-0.39, 0.29) is 0 Å². The molecule has 0 spiro atoms. The van der Waals surface area contributed by atoms with Crippen molar-refractivity contribution >= 4 is 5.91 Å². The smallest absolute Gasteiger partial charge is 0.225 e. The summed E-state index contributed by atoms with van der Waals surface area (Å²) in [6.07, 6.45) is 4.47. The summed E-state index contributed by atoms with van der Waals surface area (Å²) in [5, 5.41) is 0. The van der Waals surface area contributed by atoms with Crippen LogP contribution in [0.1, 0.15) is 31.2 Å². The average molecular weight is 360 g/mol. The Kier molecular flexibility index (Phi) is 6.92. The molecule has 1 saturated heterocycles. The lowest BCUT2D eigenvalue weighted by atomic mass is 9.84. The van der Waals surface area contributed by atoms with Gasteiger partial charge in [-0.1, -0.05) is 24.6 Å². The first kappa shape index (κ1) is 19.2. The second kappa shape index (κ2) is 9.38. The van der Waals surface area contributed by atoms with Gasteiger partial charge in [-0.15, -0.1) is 0 Å². The molecule has 0 N–H and O–H groups in total. The molecule has 0 radical (unpaired) electrons. The fourth-order valence-electron chi connectivity index (χ4n) is 3.62. The normalized spacial score (nSPS) is 19.3. The standard InChI is InChI=1S/C21H33N3O2/c1-22(2)15-16-26-20-10-4-3-7-19(20)17-23-11-6-12-24(14-13-23)21(25)18-8-5-9-18/h3-4,7,10,18H,5-6,8-9,11-17H2,1-2H3. The number of para-hydroxylation sites is 1. The molecule has 0 bridgehead atoms. The third-order valence-electron chi connectivity index (χ3n) is 5.52. The summed E-state index contributed by atoms with van der Waals surface area (Å²) in [4.78, 5) is 19.2. The molecule has 2 fully saturated rings. The number of hydrogen-bond donors (Lipinski definition) is 0. The fourth-order valence-corrected chi connectivity index (χ4v) is 3.62. The number of hydrogen-bond acceptors (Lipinski definition) is 4. The van der Waals surface area contributed by atoms with E-state index in [4.69, 9.17) is 4.74 Å². The summed E-state index contributed by atoms with van der Waals surface area (Å²) in [7, 11) is 4.12. The largest absolute Gasteiger partial charge is 0.492 e. The van der Waals surface area contributed by atoms with Crippen LogP contribution in [0.5, 0.6) is 5.75 Å². The van der Waals surface area contributed by atoms with Crippen LogP contribution in [0.15, 0.2) is 24.3 Å². The minimum Gasteiger partial charge on any atom is -0.492 e. The Morgan fingerprint density at radius 2 is 1.92 bits per heavy atom. The molecule has 1 aromatic rings. The predicted octanol–water partition coefficient (Wildman–Crippen LogP) is 2.46. The van der Waals surface area contributed by atoms with Gasteiger partial charge in [0.1, 0.15) is 12.4 Å². The molecular formula is C21H33N3O2. The van der Waals surface area contributed by atoms with E-state index in [9.17, 15) is 4.79 Å². The van der Waals surface area contributed by atoms with Gasteiger partial charge in [0.05, 0.1) is 0 Å². The van der Waals surface area contributed by atoms with Crippen LogP contribution in [-0.4, -0.2) is 74.0 Å². The Morgan fingerprint density at radius 1 is 1.12 bits per heavy atom. The summed E-state index contributed by atoms with van der Waals surface area (Å²) in [5.74, 6) is 1.69. The molecule has 1 aromatic carbocycles. The Bertz CT molecular complexity index is 586. The third kappa shape index (κ3) is 5.21. The summed E-state index contributed by atoms with van der Waals surface area (Å²) >= 11 is 0. The Labute approximate surface area is 157 Å².